The van der Waals surface area contributed by atoms with Crippen LogP contribution >= 0.6 is 0 Å². The summed E-state index contributed by atoms with van der Waals surface area (Å²) >= 11 is 0. The first-order chi connectivity index (χ1) is 20.3. The van der Waals surface area contributed by atoms with E-state index in [0.717, 1.165) is 34.0 Å². The number of fused-ring (bicyclic) bond motifs is 7. The van der Waals surface area contributed by atoms with Gasteiger partial charge in [0.25, 0.3) is 0 Å². The van der Waals surface area contributed by atoms with Crippen molar-refractivity contribution in [3.8, 4) is 11.5 Å². The number of hydrogen-bond acceptors (Lipinski definition) is 3. The number of anilines is 2. The molecule has 42 heavy (non-hydrogen) atoms. The van der Waals surface area contributed by atoms with E-state index >= 15 is 0 Å². The van der Waals surface area contributed by atoms with Gasteiger partial charge < -0.3 is 14.0 Å². The molecule has 0 spiro atoms. The summed E-state index contributed by atoms with van der Waals surface area (Å²) in [4.78, 5) is 12.7. The molecule has 0 bridgehead atoms. The minimum absolute atomic E-state index is 0. The van der Waals surface area contributed by atoms with E-state index in [9.17, 15) is 0 Å². The molecule has 2 aliphatic rings. The number of rotatable bonds is 3. The Labute approximate surface area is 254 Å². The van der Waals surface area contributed by atoms with E-state index in [1.54, 1.807) is 0 Å². The van der Waals surface area contributed by atoms with E-state index in [2.05, 4.69) is 105 Å². The Bertz CT molecular complexity index is 2060. The van der Waals surface area contributed by atoms with Crippen LogP contribution in [0, 0.1) is 6.07 Å². The molecule has 1 fully saturated rings. The zero-order valence-electron chi connectivity index (χ0n) is 23.2. The van der Waals surface area contributed by atoms with E-state index in [-0.39, 0.29) is 17.1 Å². The van der Waals surface area contributed by atoms with Crippen LogP contribution in [0.2, 0.25) is 0 Å². The minimum atomic E-state index is 0. The summed E-state index contributed by atoms with van der Waals surface area (Å²) in [6.07, 6.45) is 11.0. The standard InChI is InChI=1S/C35H29N6.Cu/c1-38-20-7-13-33(38)39-21-18-23-14-17-32(37-34(23)39)41-30-12-5-2-8-25(30)27-16-15-24(22-31(27)41)40-29-11-4-3-9-26(29)28-10-6-19-36-35(28)40;/h3-4,6-7,9-11,14-22,25,30H,2,5,8,12H2,1H3;/q-1;+1. The third kappa shape index (κ3) is 3.57. The fraction of sp³-hybridized carbons (Fsp3) is 0.200. The predicted octanol–water partition coefficient (Wildman–Crippen LogP) is 7.83. The maximum Gasteiger partial charge on any atom is 1.00 e. The zero-order valence-corrected chi connectivity index (χ0v) is 24.1. The molecule has 1 aliphatic heterocycles. The van der Waals surface area contributed by atoms with Crippen molar-refractivity contribution in [3.05, 3.63) is 109 Å². The summed E-state index contributed by atoms with van der Waals surface area (Å²) in [5, 5.41) is 3.54. The van der Waals surface area contributed by atoms with Gasteiger partial charge in [-0.15, -0.1) is 6.20 Å². The number of para-hydroxylation sites is 1. The molecule has 6 heterocycles. The first kappa shape index (κ1) is 25.4. The van der Waals surface area contributed by atoms with Gasteiger partial charge in [-0.05, 0) is 74.0 Å². The van der Waals surface area contributed by atoms with Crippen LogP contribution in [0.3, 0.4) is 0 Å². The van der Waals surface area contributed by atoms with Gasteiger partial charge in [0.05, 0.1) is 5.52 Å². The molecule has 1 saturated carbocycles. The normalized spacial score (nSPS) is 18.0. The monoisotopic (exact) mass is 596 g/mol. The Morgan fingerprint density at radius 1 is 0.857 bits per heavy atom. The van der Waals surface area contributed by atoms with Gasteiger partial charge in [0.1, 0.15) is 17.1 Å². The number of pyridine rings is 2. The van der Waals surface area contributed by atoms with Gasteiger partial charge in [0.2, 0.25) is 0 Å². The second-order valence-electron chi connectivity index (χ2n) is 11.5. The Hall–Kier alpha value is -4.32. The van der Waals surface area contributed by atoms with Crippen molar-refractivity contribution in [2.24, 2.45) is 7.05 Å². The SMILES string of the molecule is Cn1cc[c-]c1-n1ccc2ccc(N3c4cc(-n5c6ccccc6c6cccnc65)ccc4C4CCCCC43)nc21.[Cu+]. The molecule has 7 heteroatoms. The van der Waals surface area contributed by atoms with Crippen molar-refractivity contribution in [2.45, 2.75) is 37.6 Å². The maximum atomic E-state index is 5.33. The quantitative estimate of drug-likeness (QED) is 0.154. The average Bonchev–Trinajstić information content (AvgIpc) is 3.78. The third-order valence-corrected chi connectivity index (χ3v) is 9.27. The van der Waals surface area contributed by atoms with Gasteiger partial charge in [-0.3, -0.25) is 4.57 Å². The first-order valence-electron chi connectivity index (χ1n) is 14.6. The Kier molecular flexibility index (Phi) is 5.81. The number of benzene rings is 2. The van der Waals surface area contributed by atoms with Gasteiger partial charge in [0, 0.05) is 57.7 Å². The van der Waals surface area contributed by atoms with Crippen molar-refractivity contribution < 1.29 is 17.1 Å². The predicted molar refractivity (Wildman–Crippen MR) is 165 cm³/mol. The Balaban J connectivity index is 0.00000267. The summed E-state index contributed by atoms with van der Waals surface area (Å²) < 4.78 is 6.55. The van der Waals surface area contributed by atoms with Crippen LogP contribution in [-0.4, -0.2) is 29.7 Å². The molecule has 0 saturated heterocycles. The van der Waals surface area contributed by atoms with Crippen LogP contribution < -0.4 is 4.90 Å². The van der Waals surface area contributed by atoms with Gasteiger partial charge in [0.15, 0.2) is 0 Å². The van der Waals surface area contributed by atoms with Gasteiger partial charge in [-0.2, -0.15) is 0 Å². The van der Waals surface area contributed by atoms with Crippen LogP contribution in [0.5, 0.6) is 0 Å². The molecule has 2 unspecified atom stereocenters. The molecule has 0 amide bonds. The first-order valence-corrected chi connectivity index (χ1v) is 14.6. The Morgan fingerprint density at radius 2 is 1.74 bits per heavy atom. The Morgan fingerprint density at radius 3 is 2.64 bits per heavy atom. The molecule has 1 aliphatic carbocycles. The summed E-state index contributed by atoms with van der Waals surface area (Å²) in [6.45, 7) is 0. The van der Waals surface area contributed by atoms with E-state index in [1.165, 1.54) is 53.2 Å². The van der Waals surface area contributed by atoms with Crippen LogP contribution in [0.4, 0.5) is 11.5 Å². The fourth-order valence-electron chi connectivity index (χ4n) is 7.44. The third-order valence-electron chi connectivity index (χ3n) is 9.27. The topological polar surface area (TPSA) is 43.8 Å². The van der Waals surface area contributed by atoms with Crippen molar-refractivity contribution in [1.29, 1.82) is 0 Å². The number of hydrogen-bond donors (Lipinski definition) is 0. The van der Waals surface area contributed by atoms with Crippen LogP contribution in [0.1, 0.15) is 37.2 Å². The van der Waals surface area contributed by atoms with E-state index in [1.807, 2.05) is 24.5 Å². The molecule has 0 radical (unpaired) electrons. The maximum absolute atomic E-state index is 5.33. The minimum Gasteiger partial charge on any atom is -0.431 e. The van der Waals surface area contributed by atoms with Crippen LogP contribution in [-0.2, 0) is 24.1 Å². The molecular formula is C35H29CuN6. The largest absolute Gasteiger partial charge is 1.00 e. The molecule has 0 N–H and O–H groups in total. The molecule has 6 nitrogen and oxygen atoms in total. The molecule has 9 rings (SSSR count). The van der Waals surface area contributed by atoms with E-state index in [0.29, 0.717) is 12.0 Å². The van der Waals surface area contributed by atoms with Gasteiger partial charge >= 0.3 is 17.1 Å². The molecule has 7 aromatic rings. The average molecular weight is 597 g/mol. The summed E-state index contributed by atoms with van der Waals surface area (Å²) in [5.41, 5.74) is 6.99. The van der Waals surface area contributed by atoms with Crippen molar-refractivity contribution in [3.63, 3.8) is 0 Å². The second kappa shape index (κ2) is 9.62. The molecule has 210 valence electrons. The molecular weight excluding hydrogens is 568 g/mol. The molecule has 2 aromatic carbocycles. The molecule has 5 aromatic heterocycles. The summed E-state index contributed by atoms with van der Waals surface area (Å²) in [7, 11) is 2.05. The second-order valence-corrected chi connectivity index (χ2v) is 11.5. The van der Waals surface area contributed by atoms with Crippen molar-refractivity contribution in [1.82, 2.24) is 23.7 Å². The smallest absolute Gasteiger partial charge is 0.431 e. The number of aryl methyl sites for hydroxylation is 1. The number of aromatic nitrogens is 5. The summed E-state index contributed by atoms with van der Waals surface area (Å²) in [5.74, 6) is 2.53. The molecule has 2 atom stereocenters. The van der Waals surface area contributed by atoms with E-state index < -0.39 is 0 Å². The van der Waals surface area contributed by atoms with Crippen molar-refractivity contribution in [2.75, 3.05) is 4.90 Å². The van der Waals surface area contributed by atoms with Gasteiger partial charge in [-0.25, -0.2) is 22.1 Å². The van der Waals surface area contributed by atoms with Crippen molar-refractivity contribution >= 4 is 44.5 Å². The van der Waals surface area contributed by atoms with E-state index in [4.69, 9.17) is 9.97 Å². The van der Waals surface area contributed by atoms with Crippen LogP contribution in [0.15, 0.2) is 97.5 Å². The van der Waals surface area contributed by atoms with Crippen LogP contribution in [0.25, 0.3) is 44.5 Å². The zero-order chi connectivity index (χ0) is 27.1. The van der Waals surface area contributed by atoms with Gasteiger partial charge in [-0.1, -0.05) is 37.1 Å². The number of nitrogens with zero attached hydrogens (tertiary/aromatic N) is 6. The fourth-order valence-corrected chi connectivity index (χ4v) is 7.44. The summed E-state index contributed by atoms with van der Waals surface area (Å²) in [6, 6.07) is 32.2.